The summed E-state index contributed by atoms with van der Waals surface area (Å²) in [6, 6.07) is 16.4. The summed E-state index contributed by atoms with van der Waals surface area (Å²) in [6.07, 6.45) is 0. The quantitative estimate of drug-likeness (QED) is 0.570. The maximum Gasteiger partial charge on any atom is 0.257 e. The number of nitrogens with zero attached hydrogens (tertiary/aromatic N) is 4. The molecule has 4 rings (SSSR count). The normalized spacial score (nSPS) is 15.2. The molecule has 3 aromatic rings. The van der Waals surface area contributed by atoms with Gasteiger partial charge in [0.05, 0.1) is 22.8 Å². The third-order valence-corrected chi connectivity index (χ3v) is 8.15. The van der Waals surface area contributed by atoms with Crippen molar-refractivity contribution < 1.29 is 13.2 Å². The summed E-state index contributed by atoms with van der Waals surface area (Å²) in [6.45, 7) is 5.38. The number of hydrogen-bond acceptors (Lipinski definition) is 4. The lowest BCUT2D eigenvalue weighted by molar-refractivity contribution is 0.0696. The van der Waals surface area contributed by atoms with E-state index >= 15 is 0 Å². The number of sulfonamides is 1. The Morgan fingerprint density at radius 2 is 1.59 bits per heavy atom. The van der Waals surface area contributed by atoms with Crippen LogP contribution >= 0.6 is 11.6 Å². The Kier molecular flexibility index (Phi) is 6.37. The van der Waals surface area contributed by atoms with Crippen LogP contribution < -0.4 is 0 Å². The number of aromatic nitrogens is 2. The number of carbonyl (C=O) groups is 1. The van der Waals surface area contributed by atoms with Gasteiger partial charge in [-0.05, 0) is 31.5 Å². The van der Waals surface area contributed by atoms with Crippen LogP contribution in [0.15, 0.2) is 59.5 Å². The molecule has 1 aromatic heterocycles. The van der Waals surface area contributed by atoms with Crippen LogP contribution in [0.1, 0.15) is 27.3 Å². The van der Waals surface area contributed by atoms with Crippen LogP contribution in [0.4, 0.5) is 0 Å². The van der Waals surface area contributed by atoms with E-state index in [1.807, 2.05) is 48.9 Å². The second-order valence-corrected chi connectivity index (χ2v) is 10.1. The Morgan fingerprint density at radius 1 is 0.969 bits per heavy atom. The minimum Gasteiger partial charge on any atom is -0.336 e. The van der Waals surface area contributed by atoms with Crippen molar-refractivity contribution in [3.63, 3.8) is 0 Å². The SMILES string of the molecule is Cc1nn(Cc2ccccc2)c(C)c1C(=O)N1CCN(S(=O)(=O)c2ccccc2Cl)CC1. The molecule has 1 saturated heterocycles. The van der Waals surface area contributed by atoms with Gasteiger partial charge in [0.1, 0.15) is 4.90 Å². The van der Waals surface area contributed by atoms with Gasteiger partial charge >= 0.3 is 0 Å². The lowest BCUT2D eigenvalue weighted by atomic mass is 10.1. The van der Waals surface area contributed by atoms with Crippen molar-refractivity contribution in [1.29, 1.82) is 0 Å². The van der Waals surface area contributed by atoms with Crippen molar-refractivity contribution in [2.75, 3.05) is 26.2 Å². The van der Waals surface area contributed by atoms with Gasteiger partial charge in [-0.3, -0.25) is 9.48 Å². The van der Waals surface area contributed by atoms with Gasteiger partial charge in [-0.25, -0.2) is 8.42 Å². The summed E-state index contributed by atoms with van der Waals surface area (Å²) in [5.74, 6) is -0.117. The monoisotopic (exact) mass is 472 g/mol. The predicted molar refractivity (Wildman–Crippen MR) is 123 cm³/mol. The molecule has 0 aliphatic carbocycles. The lowest BCUT2D eigenvalue weighted by Gasteiger charge is -2.34. The summed E-state index contributed by atoms with van der Waals surface area (Å²) in [5, 5.41) is 4.77. The molecule has 0 bridgehead atoms. The van der Waals surface area contributed by atoms with E-state index in [1.54, 1.807) is 23.1 Å². The fraction of sp³-hybridized carbons (Fsp3) is 0.304. The highest BCUT2D eigenvalue weighted by Crippen LogP contribution is 2.26. The van der Waals surface area contributed by atoms with Gasteiger partial charge in [-0.15, -0.1) is 0 Å². The maximum absolute atomic E-state index is 13.3. The van der Waals surface area contributed by atoms with Crippen molar-refractivity contribution in [3.05, 3.63) is 82.1 Å². The molecule has 7 nitrogen and oxygen atoms in total. The van der Waals surface area contributed by atoms with Crippen LogP contribution in [0.2, 0.25) is 5.02 Å². The van der Waals surface area contributed by atoms with Crippen LogP contribution in [0.3, 0.4) is 0 Å². The highest BCUT2D eigenvalue weighted by Gasteiger charge is 2.33. The van der Waals surface area contributed by atoms with Crippen LogP contribution in [-0.4, -0.2) is 59.5 Å². The van der Waals surface area contributed by atoms with Crippen LogP contribution in [-0.2, 0) is 16.6 Å². The molecule has 0 spiro atoms. The second kappa shape index (κ2) is 9.05. The van der Waals surface area contributed by atoms with Gasteiger partial charge in [0, 0.05) is 31.9 Å². The molecule has 2 aromatic carbocycles. The number of benzene rings is 2. The van der Waals surface area contributed by atoms with Crippen molar-refractivity contribution in [2.45, 2.75) is 25.3 Å². The first-order chi connectivity index (χ1) is 15.3. The zero-order valence-electron chi connectivity index (χ0n) is 18.0. The Bertz CT molecular complexity index is 1230. The fourth-order valence-electron chi connectivity index (χ4n) is 4.00. The molecular weight excluding hydrogens is 448 g/mol. The van der Waals surface area contributed by atoms with Crippen LogP contribution in [0.5, 0.6) is 0 Å². The van der Waals surface area contributed by atoms with Gasteiger partial charge in [0.15, 0.2) is 0 Å². The molecule has 1 aliphatic rings. The smallest absolute Gasteiger partial charge is 0.257 e. The molecule has 1 fully saturated rings. The van der Waals surface area contributed by atoms with E-state index in [-0.39, 0.29) is 28.9 Å². The second-order valence-electron chi connectivity index (χ2n) is 7.82. The van der Waals surface area contributed by atoms with Crippen LogP contribution in [0.25, 0.3) is 0 Å². The minimum absolute atomic E-state index is 0.0929. The summed E-state index contributed by atoms with van der Waals surface area (Å²) in [7, 11) is -3.71. The zero-order chi connectivity index (χ0) is 22.9. The third-order valence-electron chi connectivity index (χ3n) is 5.75. The number of hydrogen-bond donors (Lipinski definition) is 0. The van der Waals surface area contributed by atoms with E-state index in [2.05, 4.69) is 5.10 Å². The highest BCUT2D eigenvalue weighted by atomic mass is 35.5. The van der Waals surface area contributed by atoms with Gasteiger partial charge in [0.25, 0.3) is 5.91 Å². The summed E-state index contributed by atoms with van der Waals surface area (Å²) in [5.41, 5.74) is 3.18. The molecule has 0 N–H and O–H groups in total. The van der Waals surface area contributed by atoms with Crippen molar-refractivity contribution in [2.24, 2.45) is 0 Å². The molecule has 0 radical (unpaired) electrons. The number of aryl methyl sites for hydroxylation is 1. The lowest BCUT2D eigenvalue weighted by Crippen LogP contribution is -2.50. The van der Waals surface area contributed by atoms with E-state index < -0.39 is 10.0 Å². The Morgan fingerprint density at radius 3 is 2.25 bits per heavy atom. The van der Waals surface area contributed by atoms with Crippen molar-refractivity contribution >= 4 is 27.5 Å². The first-order valence-corrected chi connectivity index (χ1v) is 12.2. The first-order valence-electron chi connectivity index (χ1n) is 10.4. The molecule has 2 heterocycles. The van der Waals surface area contributed by atoms with E-state index in [4.69, 9.17) is 11.6 Å². The van der Waals surface area contributed by atoms with E-state index in [9.17, 15) is 13.2 Å². The number of piperazine rings is 1. The van der Waals surface area contributed by atoms with E-state index in [0.717, 1.165) is 11.3 Å². The summed E-state index contributed by atoms with van der Waals surface area (Å²) in [4.78, 5) is 15.1. The molecule has 0 saturated carbocycles. The van der Waals surface area contributed by atoms with Gasteiger partial charge < -0.3 is 4.90 Å². The third kappa shape index (κ3) is 4.30. The van der Waals surface area contributed by atoms with Gasteiger partial charge in [-0.1, -0.05) is 54.1 Å². The molecule has 1 aliphatic heterocycles. The topological polar surface area (TPSA) is 75.5 Å². The fourth-order valence-corrected chi connectivity index (χ4v) is 5.91. The van der Waals surface area contributed by atoms with E-state index in [1.165, 1.54) is 10.4 Å². The standard InChI is InChI=1S/C23H25ClN4O3S/c1-17-22(18(2)28(25-17)16-19-8-4-3-5-9-19)23(29)26-12-14-27(15-13-26)32(30,31)21-11-7-6-10-20(21)24/h3-11H,12-16H2,1-2H3. The molecule has 1 amide bonds. The molecule has 0 unspecified atom stereocenters. The summed E-state index contributed by atoms with van der Waals surface area (Å²) >= 11 is 6.10. The number of carbonyl (C=O) groups excluding carboxylic acids is 1. The predicted octanol–water partition coefficient (Wildman–Crippen LogP) is 3.35. The molecule has 32 heavy (non-hydrogen) atoms. The van der Waals surface area contributed by atoms with Gasteiger partial charge in [-0.2, -0.15) is 9.40 Å². The van der Waals surface area contributed by atoms with Crippen LogP contribution in [0, 0.1) is 13.8 Å². The molecular formula is C23H25ClN4O3S. The Labute approximate surface area is 193 Å². The Hall–Kier alpha value is -2.68. The molecule has 9 heteroatoms. The highest BCUT2D eigenvalue weighted by molar-refractivity contribution is 7.89. The summed E-state index contributed by atoms with van der Waals surface area (Å²) < 4.78 is 29.2. The van der Waals surface area contributed by atoms with Crippen molar-refractivity contribution in [3.8, 4) is 0 Å². The minimum atomic E-state index is -3.71. The number of rotatable bonds is 5. The average molecular weight is 473 g/mol. The van der Waals surface area contributed by atoms with E-state index in [0.29, 0.717) is 30.9 Å². The molecule has 168 valence electrons. The molecule has 0 atom stereocenters. The zero-order valence-corrected chi connectivity index (χ0v) is 19.6. The average Bonchev–Trinajstić information content (AvgIpc) is 3.07. The van der Waals surface area contributed by atoms with Crippen molar-refractivity contribution in [1.82, 2.24) is 19.0 Å². The Balaban J connectivity index is 1.48. The largest absolute Gasteiger partial charge is 0.336 e. The number of amides is 1. The first kappa shape index (κ1) is 22.5. The number of halogens is 1. The van der Waals surface area contributed by atoms with Gasteiger partial charge in [0.2, 0.25) is 10.0 Å². The maximum atomic E-state index is 13.3.